The summed E-state index contributed by atoms with van der Waals surface area (Å²) in [6, 6.07) is 15.7. The van der Waals surface area contributed by atoms with Crippen LogP contribution in [0.4, 0.5) is 4.39 Å². The number of fused-ring (bicyclic) bond motifs is 1. The van der Waals surface area contributed by atoms with Crippen molar-refractivity contribution in [3.05, 3.63) is 71.4 Å². The van der Waals surface area contributed by atoms with E-state index in [0.717, 1.165) is 49.7 Å². The molecule has 3 atom stereocenters. The first kappa shape index (κ1) is 26.1. The molecule has 4 rings (SSSR count). The van der Waals surface area contributed by atoms with Gasteiger partial charge in [0.2, 0.25) is 0 Å². The summed E-state index contributed by atoms with van der Waals surface area (Å²) in [7, 11) is 1.59. The second-order valence-electron chi connectivity index (χ2n) is 10.0. The molecule has 36 heavy (non-hydrogen) atoms. The van der Waals surface area contributed by atoms with Crippen molar-refractivity contribution in [2.75, 3.05) is 26.7 Å². The van der Waals surface area contributed by atoms with E-state index >= 15 is 4.39 Å². The lowest BCUT2D eigenvalue weighted by atomic mass is 9.81. The minimum Gasteiger partial charge on any atom is -0.497 e. The van der Waals surface area contributed by atoms with Crippen LogP contribution in [0.3, 0.4) is 0 Å². The van der Waals surface area contributed by atoms with Crippen LogP contribution in [0.2, 0.25) is 0 Å². The minimum absolute atomic E-state index is 0.00777. The molecule has 1 unspecified atom stereocenters. The largest absolute Gasteiger partial charge is 0.497 e. The first-order valence-corrected chi connectivity index (χ1v) is 13.0. The van der Waals surface area contributed by atoms with Gasteiger partial charge in [0.05, 0.1) is 18.5 Å². The van der Waals surface area contributed by atoms with Crippen molar-refractivity contribution < 1.29 is 19.0 Å². The standard InChI is InChI=1S/C30H37FN2O3/c1-21-7-3-4-8-22(21)9-5-6-17-33-18-15-23(27(20-33)30(34)35)10-12-28(31)25-14-16-32-29-13-11-24(36-2)19-26(25)29/h3-4,7-8,11,13-14,16,19,23,27-28H,5-6,9-10,12,15,17-18,20H2,1-2H3,(H,34,35)/t23-,27+,28?/m1/s1. The van der Waals surface area contributed by atoms with Crippen LogP contribution in [-0.2, 0) is 11.2 Å². The molecule has 1 fully saturated rings. The summed E-state index contributed by atoms with van der Waals surface area (Å²) in [5, 5.41) is 10.7. The van der Waals surface area contributed by atoms with Crippen LogP contribution in [0.25, 0.3) is 10.9 Å². The van der Waals surface area contributed by atoms with Gasteiger partial charge in [-0.05, 0) is 105 Å². The van der Waals surface area contributed by atoms with Gasteiger partial charge < -0.3 is 14.7 Å². The number of carbonyl (C=O) groups is 1. The zero-order valence-corrected chi connectivity index (χ0v) is 21.3. The van der Waals surface area contributed by atoms with E-state index in [4.69, 9.17) is 4.74 Å². The quantitative estimate of drug-likeness (QED) is 0.314. The number of carboxylic acid groups (broad SMARTS) is 1. The van der Waals surface area contributed by atoms with E-state index in [1.165, 1.54) is 11.1 Å². The molecule has 1 aromatic heterocycles. The van der Waals surface area contributed by atoms with Crippen molar-refractivity contribution in [3.8, 4) is 5.75 Å². The molecule has 192 valence electrons. The van der Waals surface area contributed by atoms with E-state index in [9.17, 15) is 9.90 Å². The molecule has 1 N–H and O–H groups in total. The Morgan fingerprint density at radius 2 is 2.06 bits per heavy atom. The van der Waals surface area contributed by atoms with E-state index < -0.39 is 18.1 Å². The summed E-state index contributed by atoms with van der Waals surface area (Å²) in [5.74, 6) is -0.552. The van der Waals surface area contributed by atoms with Gasteiger partial charge in [0.1, 0.15) is 11.9 Å². The van der Waals surface area contributed by atoms with Crippen LogP contribution in [0.1, 0.15) is 55.0 Å². The molecule has 0 radical (unpaired) electrons. The second-order valence-corrected chi connectivity index (χ2v) is 10.0. The normalized spacial score (nSPS) is 19.3. The Morgan fingerprint density at radius 1 is 1.22 bits per heavy atom. The number of hydrogen-bond donors (Lipinski definition) is 1. The number of nitrogens with zero attached hydrogens (tertiary/aromatic N) is 2. The predicted molar refractivity (Wildman–Crippen MR) is 141 cm³/mol. The molecule has 0 saturated carbocycles. The first-order chi connectivity index (χ1) is 17.5. The number of pyridine rings is 1. The molecule has 1 aliphatic heterocycles. The smallest absolute Gasteiger partial charge is 0.308 e. The number of alkyl halides is 1. The molecule has 5 nitrogen and oxygen atoms in total. The number of piperidine rings is 1. The number of benzene rings is 2. The Kier molecular flexibility index (Phi) is 8.92. The fraction of sp³-hybridized carbons (Fsp3) is 0.467. The number of hydrogen-bond acceptors (Lipinski definition) is 4. The summed E-state index contributed by atoms with van der Waals surface area (Å²) in [6.45, 7) is 4.49. The highest BCUT2D eigenvalue weighted by molar-refractivity contribution is 5.83. The maximum Gasteiger partial charge on any atom is 0.308 e. The third-order valence-electron chi connectivity index (χ3n) is 7.70. The number of aliphatic carboxylic acids is 1. The Labute approximate surface area is 213 Å². The van der Waals surface area contributed by atoms with E-state index in [1.807, 2.05) is 18.2 Å². The molecule has 1 saturated heterocycles. The predicted octanol–water partition coefficient (Wildman–Crippen LogP) is 6.39. The highest BCUT2D eigenvalue weighted by Gasteiger charge is 2.34. The monoisotopic (exact) mass is 492 g/mol. The van der Waals surface area contributed by atoms with Crippen molar-refractivity contribution in [1.82, 2.24) is 9.88 Å². The number of ether oxygens (including phenoxy) is 1. The molecule has 0 bridgehead atoms. The van der Waals surface area contributed by atoms with Gasteiger partial charge in [0, 0.05) is 18.1 Å². The van der Waals surface area contributed by atoms with E-state index in [1.54, 1.807) is 19.4 Å². The van der Waals surface area contributed by atoms with Crippen LogP contribution >= 0.6 is 0 Å². The second kappa shape index (κ2) is 12.3. The summed E-state index contributed by atoms with van der Waals surface area (Å²) < 4.78 is 20.7. The van der Waals surface area contributed by atoms with Crippen molar-refractivity contribution in [3.63, 3.8) is 0 Å². The topological polar surface area (TPSA) is 62.7 Å². The fourth-order valence-corrected chi connectivity index (χ4v) is 5.50. The van der Waals surface area contributed by atoms with E-state index in [2.05, 4.69) is 41.1 Å². The number of halogens is 1. The van der Waals surface area contributed by atoms with Gasteiger partial charge in [-0.15, -0.1) is 0 Å². The Morgan fingerprint density at radius 3 is 2.83 bits per heavy atom. The fourth-order valence-electron chi connectivity index (χ4n) is 5.50. The molecule has 2 aromatic carbocycles. The number of likely N-dealkylation sites (tertiary alicyclic amines) is 1. The average molecular weight is 493 g/mol. The molecule has 0 amide bonds. The summed E-state index contributed by atoms with van der Waals surface area (Å²) in [5.41, 5.74) is 4.04. The van der Waals surface area contributed by atoms with Crippen molar-refractivity contribution in [2.45, 2.75) is 51.6 Å². The zero-order chi connectivity index (χ0) is 25.5. The number of rotatable bonds is 11. The van der Waals surface area contributed by atoms with Gasteiger partial charge in [0.15, 0.2) is 0 Å². The molecular weight excluding hydrogens is 455 g/mol. The van der Waals surface area contributed by atoms with Crippen LogP contribution in [0, 0.1) is 18.8 Å². The molecule has 6 heteroatoms. The molecule has 0 spiro atoms. The average Bonchev–Trinajstić information content (AvgIpc) is 2.90. The molecule has 2 heterocycles. The van der Waals surface area contributed by atoms with Gasteiger partial charge >= 0.3 is 5.97 Å². The SMILES string of the molecule is COc1ccc2nccc(C(F)CC[C@@H]3CCN(CCCCc4ccccc4C)C[C@@H]3C(=O)O)c2c1. The summed E-state index contributed by atoms with van der Waals surface area (Å²) >= 11 is 0. The number of methoxy groups -OCH3 is 1. The van der Waals surface area contributed by atoms with Gasteiger partial charge in [-0.25, -0.2) is 4.39 Å². The van der Waals surface area contributed by atoms with Gasteiger partial charge in [-0.3, -0.25) is 9.78 Å². The number of unbranched alkanes of at least 4 members (excludes halogenated alkanes) is 1. The number of carboxylic acids is 1. The maximum atomic E-state index is 15.4. The van der Waals surface area contributed by atoms with Crippen LogP contribution in [0.15, 0.2) is 54.7 Å². The number of aromatic nitrogens is 1. The van der Waals surface area contributed by atoms with Crippen molar-refractivity contribution >= 4 is 16.9 Å². The van der Waals surface area contributed by atoms with Gasteiger partial charge in [0.25, 0.3) is 0 Å². The summed E-state index contributed by atoms with van der Waals surface area (Å²) in [6.07, 6.45) is 5.33. The first-order valence-electron chi connectivity index (χ1n) is 13.0. The Hall–Kier alpha value is -2.99. The lowest BCUT2D eigenvalue weighted by Gasteiger charge is -2.37. The van der Waals surface area contributed by atoms with Crippen molar-refractivity contribution in [2.24, 2.45) is 11.8 Å². The molecule has 3 aromatic rings. The van der Waals surface area contributed by atoms with Crippen LogP contribution < -0.4 is 4.74 Å². The summed E-state index contributed by atoms with van der Waals surface area (Å²) in [4.78, 5) is 18.7. The molecule has 1 aliphatic rings. The third-order valence-corrected chi connectivity index (χ3v) is 7.70. The molecular formula is C30H37FN2O3. The lowest BCUT2D eigenvalue weighted by molar-refractivity contribution is -0.146. The number of aryl methyl sites for hydroxylation is 2. The third kappa shape index (κ3) is 6.41. The zero-order valence-electron chi connectivity index (χ0n) is 21.3. The van der Waals surface area contributed by atoms with Gasteiger partial charge in [-0.2, -0.15) is 0 Å². The molecule has 0 aliphatic carbocycles. The van der Waals surface area contributed by atoms with E-state index in [-0.39, 0.29) is 5.92 Å². The van der Waals surface area contributed by atoms with Crippen molar-refractivity contribution in [1.29, 1.82) is 0 Å². The van der Waals surface area contributed by atoms with Crippen LogP contribution in [-0.4, -0.2) is 47.7 Å². The maximum absolute atomic E-state index is 15.4. The highest BCUT2D eigenvalue weighted by atomic mass is 19.1. The lowest BCUT2D eigenvalue weighted by Crippen LogP contribution is -2.44. The Balaban J connectivity index is 1.30. The van der Waals surface area contributed by atoms with Gasteiger partial charge in [-0.1, -0.05) is 24.3 Å². The van der Waals surface area contributed by atoms with Crippen LogP contribution in [0.5, 0.6) is 5.75 Å². The Bertz CT molecular complexity index is 1170. The minimum atomic E-state index is -1.17. The van der Waals surface area contributed by atoms with E-state index in [0.29, 0.717) is 30.7 Å². The highest BCUT2D eigenvalue weighted by Crippen LogP contribution is 2.35.